The minimum absolute atomic E-state index is 0.401. The number of fused-ring (bicyclic) bond motifs is 1. The molecule has 0 bridgehead atoms. The third-order valence-electron chi connectivity index (χ3n) is 2.30. The summed E-state index contributed by atoms with van der Waals surface area (Å²) in [6, 6.07) is 0. The van der Waals surface area contributed by atoms with Crippen LogP contribution in [0.4, 0.5) is 0 Å². The van der Waals surface area contributed by atoms with Crippen molar-refractivity contribution in [1.29, 1.82) is 0 Å². The summed E-state index contributed by atoms with van der Waals surface area (Å²) in [7, 11) is 0. The highest BCUT2D eigenvalue weighted by Crippen LogP contribution is 2.63. The predicted octanol–water partition coefficient (Wildman–Crippen LogP) is -0.735. The maximum atomic E-state index is 4.27. The van der Waals surface area contributed by atoms with Gasteiger partial charge >= 0.3 is 0 Å². The van der Waals surface area contributed by atoms with Crippen LogP contribution in [0.5, 0.6) is 0 Å². The van der Waals surface area contributed by atoms with Gasteiger partial charge in [-0.05, 0) is 6.42 Å². The summed E-state index contributed by atoms with van der Waals surface area (Å²) < 4.78 is 0. The second kappa shape index (κ2) is 0.748. The quantitative estimate of drug-likeness (QED) is 0.430. The molecule has 0 radical (unpaired) electrons. The van der Waals surface area contributed by atoms with E-state index in [0.717, 1.165) is 12.6 Å². The fraction of sp³-hybridized carbons (Fsp3) is 0.800. The van der Waals surface area contributed by atoms with Crippen molar-refractivity contribution in [3.8, 4) is 0 Å². The second-order valence-corrected chi connectivity index (χ2v) is 2.73. The van der Waals surface area contributed by atoms with Gasteiger partial charge < -0.3 is 0 Å². The smallest absolute Gasteiger partial charge is 0.101 e. The first kappa shape index (κ1) is 3.58. The van der Waals surface area contributed by atoms with Gasteiger partial charge in [0, 0.05) is 11.6 Å². The van der Waals surface area contributed by atoms with E-state index in [1.807, 2.05) is 0 Å². The topological polar surface area (TPSA) is 36.4 Å². The van der Waals surface area contributed by atoms with E-state index in [4.69, 9.17) is 0 Å². The molecule has 0 amide bonds. The first-order valence-corrected chi connectivity index (χ1v) is 2.98. The van der Waals surface area contributed by atoms with E-state index in [1.165, 1.54) is 12.1 Å². The summed E-state index contributed by atoms with van der Waals surface area (Å²) in [4.78, 5) is 4.27. The number of nitrogens with zero attached hydrogens (tertiary/aromatic N) is 1. The van der Waals surface area contributed by atoms with Gasteiger partial charge in [-0.15, -0.1) is 0 Å². The lowest BCUT2D eigenvalue weighted by Gasteiger charge is -2.12. The molecule has 8 heavy (non-hydrogen) atoms. The van der Waals surface area contributed by atoms with Gasteiger partial charge in [-0.2, -0.15) is 0 Å². The number of rotatable bonds is 0. The van der Waals surface area contributed by atoms with Crippen LogP contribution >= 0.6 is 0 Å². The summed E-state index contributed by atoms with van der Waals surface area (Å²) in [5.41, 5.74) is 8.06. The molecule has 42 valence electrons. The monoisotopic (exact) mass is 109 g/mol. The van der Waals surface area contributed by atoms with E-state index in [1.54, 1.807) is 0 Å². The highest BCUT2D eigenvalue weighted by atomic mass is 15.5. The summed E-state index contributed by atoms with van der Waals surface area (Å²) in [5.74, 6) is 0.831. The summed E-state index contributed by atoms with van der Waals surface area (Å²) >= 11 is 0. The Hall–Kier alpha value is -0.410. The molecular formula is C5H7N3. The van der Waals surface area contributed by atoms with E-state index >= 15 is 0 Å². The Morgan fingerprint density at radius 3 is 3.25 bits per heavy atom. The molecule has 3 nitrogen and oxygen atoms in total. The third-order valence-corrected chi connectivity index (χ3v) is 2.30. The van der Waals surface area contributed by atoms with E-state index < -0.39 is 0 Å². The highest BCUT2D eigenvalue weighted by molar-refractivity contribution is 6.20. The van der Waals surface area contributed by atoms with Crippen LogP contribution in [0, 0.1) is 5.92 Å². The van der Waals surface area contributed by atoms with E-state index in [0.29, 0.717) is 5.54 Å². The molecule has 1 unspecified atom stereocenters. The van der Waals surface area contributed by atoms with Crippen LogP contribution < -0.4 is 10.9 Å². The molecule has 2 aliphatic carbocycles. The maximum Gasteiger partial charge on any atom is 0.101 e. The summed E-state index contributed by atoms with van der Waals surface area (Å²) in [6.45, 7) is 0.771. The maximum absolute atomic E-state index is 4.27. The minimum Gasteiger partial charge on any atom is -0.275 e. The van der Waals surface area contributed by atoms with Gasteiger partial charge in [-0.1, -0.05) is 0 Å². The van der Waals surface area contributed by atoms with Crippen LogP contribution in [-0.2, 0) is 0 Å². The minimum atomic E-state index is 0.401. The van der Waals surface area contributed by atoms with Crippen molar-refractivity contribution in [3.05, 3.63) is 0 Å². The lowest BCUT2D eigenvalue weighted by molar-refractivity contribution is 0.501. The Labute approximate surface area is 47.1 Å². The summed E-state index contributed by atoms with van der Waals surface area (Å²) in [6.07, 6.45) is 1.32. The van der Waals surface area contributed by atoms with E-state index in [2.05, 4.69) is 15.8 Å². The first-order valence-electron chi connectivity index (χ1n) is 2.98. The average Bonchev–Trinajstić information content (AvgIpc) is 2.52. The Balaban J connectivity index is 2.09. The Morgan fingerprint density at radius 2 is 2.75 bits per heavy atom. The molecule has 3 rings (SSSR count). The Morgan fingerprint density at radius 1 is 1.75 bits per heavy atom. The fourth-order valence-electron chi connectivity index (χ4n) is 1.53. The lowest BCUT2D eigenvalue weighted by atomic mass is 10.3. The molecule has 0 aromatic heterocycles. The number of aliphatic imine (C=N–C) groups is 1. The second-order valence-electron chi connectivity index (χ2n) is 2.73. The van der Waals surface area contributed by atoms with Crippen molar-refractivity contribution in [2.75, 3.05) is 6.67 Å². The molecule has 2 fully saturated rings. The Bertz CT molecular complexity index is 186. The molecule has 0 aromatic carbocycles. The lowest BCUT2D eigenvalue weighted by Crippen LogP contribution is -2.43. The zero-order valence-electron chi connectivity index (χ0n) is 4.44. The van der Waals surface area contributed by atoms with Gasteiger partial charge in [0.1, 0.15) is 6.67 Å². The number of hydrogen-bond acceptors (Lipinski definition) is 3. The number of hydrazine groups is 1. The highest BCUT2D eigenvalue weighted by Gasteiger charge is 2.77. The van der Waals surface area contributed by atoms with E-state index in [9.17, 15) is 0 Å². The van der Waals surface area contributed by atoms with Crippen LogP contribution in [0.25, 0.3) is 0 Å². The molecule has 3 heteroatoms. The van der Waals surface area contributed by atoms with Crippen molar-refractivity contribution in [2.45, 2.75) is 12.0 Å². The van der Waals surface area contributed by atoms with Crippen LogP contribution in [0.3, 0.4) is 0 Å². The third kappa shape index (κ3) is 0.195. The van der Waals surface area contributed by atoms with Gasteiger partial charge in [-0.3, -0.25) is 4.99 Å². The van der Waals surface area contributed by atoms with Crippen molar-refractivity contribution >= 4 is 5.71 Å². The zero-order valence-corrected chi connectivity index (χ0v) is 4.44. The van der Waals surface area contributed by atoms with Crippen LogP contribution in [0.15, 0.2) is 4.99 Å². The molecule has 2 saturated carbocycles. The van der Waals surface area contributed by atoms with Crippen LogP contribution in [-0.4, -0.2) is 17.9 Å². The molecule has 2 atom stereocenters. The van der Waals surface area contributed by atoms with Gasteiger partial charge in [-0.25, -0.2) is 10.9 Å². The molecule has 0 saturated heterocycles. The SMILES string of the molecule is C1N=C2C3C[C@]23NN1. The molecule has 1 heterocycles. The van der Waals surface area contributed by atoms with Crippen molar-refractivity contribution in [2.24, 2.45) is 10.9 Å². The van der Waals surface area contributed by atoms with Gasteiger partial charge in [0.05, 0.1) is 5.54 Å². The average molecular weight is 109 g/mol. The van der Waals surface area contributed by atoms with Crippen molar-refractivity contribution < 1.29 is 0 Å². The van der Waals surface area contributed by atoms with Crippen molar-refractivity contribution in [1.82, 2.24) is 10.9 Å². The Kier molecular flexibility index (Phi) is 0.335. The molecule has 1 aliphatic heterocycles. The number of hydrogen-bond donors (Lipinski definition) is 2. The fourth-order valence-corrected chi connectivity index (χ4v) is 1.53. The zero-order chi connectivity index (χ0) is 5.19. The molecule has 3 aliphatic rings. The number of nitrogens with one attached hydrogen (secondary N) is 2. The summed E-state index contributed by atoms with van der Waals surface area (Å²) in [5, 5.41) is 0. The van der Waals surface area contributed by atoms with Gasteiger partial charge in [0.25, 0.3) is 0 Å². The largest absolute Gasteiger partial charge is 0.275 e. The molecular weight excluding hydrogens is 102 g/mol. The van der Waals surface area contributed by atoms with E-state index in [-0.39, 0.29) is 0 Å². The van der Waals surface area contributed by atoms with Crippen LogP contribution in [0.2, 0.25) is 0 Å². The first-order chi connectivity index (χ1) is 3.93. The molecule has 0 aromatic rings. The standard InChI is InChI=1S/C5H7N3/c1-3-4-5(1,3)8-7-2-6-4/h3,7-8H,1-2H2/t3?,5-/m1/s1. The predicted molar refractivity (Wildman–Crippen MR) is 29.4 cm³/mol. The molecule has 2 N–H and O–H groups in total. The van der Waals surface area contributed by atoms with Gasteiger partial charge in [0.15, 0.2) is 0 Å². The van der Waals surface area contributed by atoms with Crippen LogP contribution in [0.1, 0.15) is 6.42 Å². The van der Waals surface area contributed by atoms with Gasteiger partial charge in [0.2, 0.25) is 0 Å². The van der Waals surface area contributed by atoms with Crippen molar-refractivity contribution in [3.63, 3.8) is 0 Å². The molecule has 1 spiro atoms. The normalized spacial score (nSPS) is 56.0.